The zero-order valence-corrected chi connectivity index (χ0v) is 19.4. The van der Waals surface area contributed by atoms with E-state index in [-0.39, 0.29) is 23.4 Å². The smallest absolute Gasteiger partial charge is 0.243 e. The minimum absolute atomic E-state index is 0.0279. The topological polar surface area (TPSA) is 57.7 Å². The van der Waals surface area contributed by atoms with Crippen molar-refractivity contribution in [1.29, 1.82) is 0 Å². The highest BCUT2D eigenvalue weighted by Crippen LogP contribution is 2.27. The second kappa shape index (κ2) is 8.20. The summed E-state index contributed by atoms with van der Waals surface area (Å²) in [5.74, 6) is 0.0547. The lowest BCUT2D eigenvalue weighted by Gasteiger charge is -2.43. The van der Waals surface area contributed by atoms with Gasteiger partial charge in [0, 0.05) is 30.1 Å². The summed E-state index contributed by atoms with van der Waals surface area (Å²) in [6.07, 6.45) is 0.368. The molecule has 3 rings (SSSR count). The number of benzene rings is 1. The fraction of sp³-hybridized carbons (Fsp3) is 0.500. The van der Waals surface area contributed by atoms with Gasteiger partial charge in [0.25, 0.3) is 0 Å². The van der Waals surface area contributed by atoms with Gasteiger partial charge >= 0.3 is 0 Å². The Labute approximate surface area is 178 Å². The van der Waals surface area contributed by atoms with Crippen molar-refractivity contribution in [2.24, 2.45) is 0 Å². The average Bonchev–Trinajstić information content (AvgIpc) is 3.13. The first kappa shape index (κ1) is 22.0. The molecular formula is C22H30N2O3S2. The van der Waals surface area contributed by atoms with E-state index in [4.69, 9.17) is 0 Å². The van der Waals surface area contributed by atoms with Gasteiger partial charge in [0.1, 0.15) is 0 Å². The number of rotatable bonds is 4. The Balaban J connectivity index is 1.75. The number of carbonyl (C=O) groups excluding carboxylic acids is 1. The minimum atomic E-state index is -3.59. The standard InChI is InChI=1S/C22H30N2O3S2/c1-16-14-23(15-17(2)24(16)21(25)13-19-7-6-12-28-19)29(26,27)20-10-8-18(9-11-20)22(3,4)5/h6-12,16-17H,13-15H2,1-5H3/t16-,17?/m0/s1. The number of sulfonamides is 1. The maximum Gasteiger partial charge on any atom is 0.243 e. The Morgan fingerprint density at radius 1 is 1.07 bits per heavy atom. The summed E-state index contributed by atoms with van der Waals surface area (Å²) in [5.41, 5.74) is 1.07. The fourth-order valence-corrected chi connectivity index (χ4v) is 6.19. The highest BCUT2D eigenvalue weighted by molar-refractivity contribution is 7.89. The molecule has 1 aliphatic rings. The van der Waals surface area contributed by atoms with Crippen molar-refractivity contribution in [2.45, 2.75) is 63.4 Å². The van der Waals surface area contributed by atoms with Gasteiger partial charge in [-0.25, -0.2) is 8.42 Å². The number of hydrogen-bond acceptors (Lipinski definition) is 4. The first-order chi connectivity index (χ1) is 13.5. The van der Waals surface area contributed by atoms with Crippen LogP contribution in [0.1, 0.15) is 45.1 Å². The molecule has 2 atom stereocenters. The van der Waals surface area contributed by atoms with E-state index < -0.39 is 10.0 Å². The lowest BCUT2D eigenvalue weighted by Crippen LogP contribution is -2.59. The summed E-state index contributed by atoms with van der Waals surface area (Å²) in [4.78, 5) is 16.0. The Bertz CT molecular complexity index is 933. The number of carbonyl (C=O) groups is 1. The normalized spacial score (nSPS) is 21.3. The molecule has 1 aromatic carbocycles. The first-order valence-electron chi connectivity index (χ1n) is 9.94. The molecule has 1 fully saturated rings. The number of piperazine rings is 1. The van der Waals surface area contributed by atoms with Crippen LogP contribution in [-0.2, 0) is 26.7 Å². The molecule has 0 radical (unpaired) electrons. The van der Waals surface area contributed by atoms with Crippen LogP contribution >= 0.6 is 11.3 Å². The minimum Gasteiger partial charge on any atom is -0.334 e. The van der Waals surface area contributed by atoms with Crippen LogP contribution in [0.2, 0.25) is 0 Å². The van der Waals surface area contributed by atoms with Gasteiger partial charge in [-0.1, -0.05) is 39.0 Å². The maximum absolute atomic E-state index is 13.2. The Morgan fingerprint density at radius 3 is 2.14 bits per heavy atom. The van der Waals surface area contributed by atoms with Crippen LogP contribution < -0.4 is 0 Å². The van der Waals surface area contributed by atoms with Gasteiger partial charge in [0.05, 0.1) is 11.3 Å². The van der Waals surface area contributed by atoms with E-state index >= 15 is 0 Å². The van der Waals surface area contributed by atoms with Crippen molar-refractivity contribution in [3.8, 4) is 0 Å². The van der Waals surface area contributed by atoms with Gasteiger partial charge in [-0.15, -0.1) is 11.3 Å². The fourth-order valence-electron chi connectivity index (χ4n) is 3.89. The molecule has 5 nitrogen and oxygen atoms in total. The van der Waals surface area contributed by atoms with Crippen LogP contribution in [0.3, 0.4) is 0 Å². The van der Waals surface area contributed by atoms with Crippen LogP contribution in [0.25, 0.3) is 0 Å². The molecule has 29 heavy (non-hydrogen) atoms. The first-order valence-corrected chi connectivity index (χ1v) is 12.3. The molecule has 1 aliphatic heterocycles. The molecule has 0 N–H and O–H groups in total. The largest absolute Gasteiger partial charge is 0.334 e. The molecule has 7 heteroatoms. The third kappa shape index (κ3) is 4.73. The van der Waals surface area contributed by atoms with Gasteiger partial charge in [-0.2, -0.15) is 4.31 Å². The van der Waals surface area contributed by atoms with E-state index in [2.05, 4.69) is 20.8 Å². The predicted octanol–water partition coefficient (Wildman–Crippen LogP) is 3.90. The lowest BCUT2D eigenvalue weighted by molar-refractivity contribution is -0.137. The highest BCUT2D eigenvalue weighted by atomic mass is 32.2. The molecule has 1 aromatic heterocycles. The molecule has 2 heterocycles. The molecule has 158 valence electrons. The highest BCUT2D eigenvalue weighted by Gasteiger charge is 2.38. The van der Waals surface area contributed by atoms with Crippen molar-refractivity contribution >= 4 is 27.3 Å². The number of hydrogen-bond donors (Lipinski definition) is 0. The van der Waals surface area contributed by atoms with Gasteiger partial charge in [-0.3, -0.25) is 4.79 Å². The Hall–Kier alpha value is -1.70. The van der Waals surface area contributed by atoms with Gasteiger partial charge in [0.2, 0.25) is 15.9 Å². The molecule has 0 saturated carbocycles. The zero-order chi connectivity index (χ0) is 21.4. The van der Waals surface area contributed by atoms with Gasteiger partial charge < -0.3 is 4.90 Å². The number of thiophene rings is 1. The molecular weight excluding hydrogens is 404 g/mol. The van der Waals surface area contributed by atoms with Gasteiger partial charge in [0.15, 0.2) is 0 Å². The molecule has 0 aliphatic carbocycles. The van der Waals surface area contributed by atoms with E-state index in [9.17, 15) is 13.2 Å². The number of amides is 1. The molecule has 1 saturated heterocycles. The lowest BCUT2D eigenvalue weighted by atomic mass is 9.87. The third-order valence-corrected chi connectivity index (χ3v) is 8.16. The molecule has 1 amide bonds. The van der Waals surface area contributed by atoms with Crippen LogP contribution in [0.4, 0.5) is 0 Å². The SMILES string of the molecule is CC1CN(S(=O)(=O)c2ccc(C(C)(C)C)cc2)C[C@H](C)N1C(=O)Cc1cccs1. The summed E-state index contributed by atoms with van der Waals surface area (Å²) in [7, 11) is -3.59. The van der Waals surface area contributed by atoms with Gasteiger partial charge in [-0.05, 0) is 48.4 Å². The third-order valence-electron chi connectivity index (χ3n) is 5.44. The summed E-state index contributed by atoms with van der Waals surface area (Å²) < 4.78 is 27.9. The number of nitrogens with zero attached hydrogens (tertiary/aromatic N) is 2. The van der Waals surface area contributed by atoms with Crippen LogP contribution in [0.15, 0.2) is 46.7 Å². The summed E-state index contributed by atoms with van der Waals surface area (Å²) in [5, 5.41) is 1.96. The van der Waals surface area contributed by atoms with Crippen molar-refractivity contribution in [3.05, 3.63) is 52.2 Å². The molecule has 1 unspecified atom stereocenters. The van der Waals surface area contributed by atoms with E-state index in [1.165, 1.54) is 4.31 Å². The van der Waals surface area contributed by atoms with E-state index in [1.54, 1.807) is 23.5 Å². The van der Waals surface area contributed by atoms with Crippen molar-refractivity contribution in [2.75, 3.05) is 13.1 Å². The van der Waals surface area contributed by atoms with Crippen molar-refractivity contribution in [1.82, 2.24) is 9.21 Å². The Morgan fingerprint density at radius 2 is 1.66 bits per heavy atom. The second-order valence-corrected chi connectivity index (χ2v) is 11.8. The van der Waals surface area contributed by atoms with Crippen LogP contribution in [0.5, 0.6) is 0 Å². The average molecular weight is 435 g/mol. The summed E-state index contributed by atoms with van der Waals surface area (Å²) >= 11 is 1.57. The molecule has 0 bridgehead atoms. The Kier molecular flexibility index (Phi) is 6.22. The maximum atomic E-state index is 13.2. The van der Waals surface area contributed by atoms with E-state index in [0.717, 1.165) is 10.4 Å². The molecule has 2 aromatic rings. The van der Waals surface area contributed by atoms with Crippen molar-refractivity contribution in [3.63, 3.8) is 0 Å². The quantitative estimate of drug-likeness (QED) is 0.733. The monoisotopic (exact) mass is 434 g/mol. The van der Waals surface area contributed by atoms with Crippen molar-refractivity contribution < 1.29 is 13.2 Å². The van der Waals surface area contributed by atoms with Crippen LogP contribution in [-0.4, -0.2) is 48.7 Å². The second-order valence-electron chi connectivity index (χ2n) is 8.85. The summed E-state index contributed by atoms with van der Waals surface area (Å²) in [6, 6.07) is 10.7. The molecule has 0 spiro atoms. The summed E-state index contributed by atoms with van der Waals surface area (Å²) in [6.45, 7) is 10.8. The zero-order valence-electron chi connectivity index (χ0n) is 17.8. The van der Waals surface area contributed by atoms with E-state index in [0.29, 0.717) is 24.4 Å². The predicted molar refractivity (Wildman–Crippen MR) is 118 cm³/mol. The van der Waals surface area contributed by atoms with E-state index in [1.807, 2.05) is 48.4 Å². The van der Waals surface area contributed by atoms with Crippen LogP contribution in [0, 0.1) is 0 Å².